The van der Waals surface area contributed by atoms with Crippen molar-refractivity contribution in [2.75, 3.05) is 0 Å². The number of ether oxygens (including phenoxy) is 1. The van der Waals surface area contributed by atoms with Gasteiger partial charge in [-0.25, -0.2) is 0 Å². The van der Waals surface area contributed by atoms with E-state index in [0.717, 1.165) is 54.8 Å². The number of carbonyl (C=O) groups is 1. The average molecular weight is 491 g/mol. The van der Waals surface area contributed by atoms with Crippen molar-refractivity contribution in [3.8, 4) is 0 Å². The molecule has 4 aliphatic rings. The SMILES string of the molecule is CC[C@@H](Cl)C(=O)O[C@@H]1CC[C@@]2(C)C(=CC[C@H]3[C@@H]4CC[C@H]([C@@H](C)CCCC(C)C)[C@@]4(C)CC[C@@H]32)C1. The highest BCUT2D eigenvalue weighted by atomic mass is 35.5. The van der Waals surface area contributed by atoms with Crippen molar-refractivity contribution in [1.82, 2.24) is 0 Å². The highest BCUT2D eigenvalue weighted by molar-refractivity contribution is 6.29. The van der Waals surface area contributed by atoms with E-state index in [0.29, 0.717) is 17.3 Å². The third-order valence-electron chi connectivity index (χ3n) is 11.2. The smallest absolute Gasteiger partial charge is 0.324 e. The molecule has 4 rings (SSSR count). The molecule has 0 aromatic carbocycles. The first-order chi connectivity index (χ1) is 16.1. The molecule has 34 heavy (non-hydrogen) atoms. The molecular weight excluding hydrogens is 440 g/mol. The van der Waals surface area contributed by atoms with Crippen molar-refractivity contribution < 1.29 is 9.53 Å². The van der Waals surface area contributed by atoms with Gasteiger partial charge in [-0.2, -0.15) is 0 Å². The van der Waals surface area contributed by atoms with Gasteiger partial charge in [0.1, 0.15) is 11.5 Å². The Balaban J connectivity index is 1.43. The minimum absolute atomic E-state index is 0.0209. The molecule has 0 amide bonds. The quantitative estimate of drug-likeness (QED) is 0.193. The largest absolute Gasteiger partial charge is 0.461 e. The monoisotopic (exact) mass is 490 g/mol. The standard InChI is InChI=1S/C31H51ClO2/c1-7-28(32)29(33)34-23-15-17-30(5)22(19-23)11-12-24-26-14-13-25(21(4)10-8-9-20(2)3)31(26,6)18-16-27(24)30/h11,20-21,23-28H,7-10,12-19H2,1-6H3/t21-,23+,24-,25+,26-,27-,28+,30-,31+/m0/s1. The normalized spacial score (nSPS) is 41.2. The Labute approximate surface area is 215 Å². The topological polar surface area (TPSA) is 26.3 Å². The van der Waals surface area contributed by atoms with Crippen LogP contribution in [0, 0.1) is 46.3 Å². The van der Waals surface area contributed by atoms with Crippen LogP contribution in [0.15, 0.2) is 11.6 Å². The number of halogens is 1. The van der Waals surface area contributed by atoms with Crippen LogP contribution in [0.5, 0.6) is 0 Å². The summed E-state index contributed by atoms with van der Waals surface area (Å²) >= 11 is 6.14. The molecule has 0 bridgehead atoms. The molecule has 2 nitrogen and oxygen atoms in total. The van der Waals surface area contributed by atoms with E-state index in [2.05, 4.69) is 40.7 Å². The molecule has 0 heterocycles. The van der Waals surface area contributed by atoms with Crippen LogP contribution in [0.4, 0.5) is 0 Å². The summed E-state index contributed by atoms with van der Waals surface area (Å²) in [5.41, 5.74) is 2.43. The van der Waals surface area contributed by atoms with E-state index in [4.69, 9.17) is 16.3 Å². The van der Waals surface area contributed by atoms with E-state index in [1.807, 2.05) is 6.92 Å². The second kappa shape index (κ2) is 10.5. The lowest BCUT2D eigenvalue weighted by Crippen LogP contribution is -2.51. The Morgan fingerprint density at radius 3 is 2.56 bits per heavy atom. The first-order valence-electron chi connectivity index (χ1n) is 14.6. The molecule has 3 heteroatoms. The lowest BCUT2D eigenvalue weighted by atomic mass is 9.47. The molecule has 3 saturated carbocycles. The zero-order chi connectivity index (χ0) is 24.7. The molecule has 0 aromatic heterocycles. The number of allylic oxidation sites excluding steroid dienone is 1. The Morgan fingerprint density at radius 1 is 1.09 bits per heavy atom. The summed E-state index contributed by atoms with van der Waals surface area (Å²) in [6.45, 7) is 14.5. The van der Waals surface area contributed by atoms with E-state index < -0.39 is 5.38 Å². The first-order valence-corrected chi connectivity index (χ1v) is 15.1. The second-order valence-corrected chi connectivity index (χ2v) is 14.0. The van der Waals surface area contributed by atoms with Gasteiger partial charge in [-0.05, 0) is 97.7 Å². The van der Waals surface area contributed by atoms with Crippen LogP contribution in [-0.2, 0) is 9.53 Å². The van der Waals surface area contributed by atoms with Crippen molar-refractivity contribution >= 4 is 17.6 Å². The van der Waals surface area contributed by atoms with Crippen LogP contribution in [0.25, 0.3) is 0 Å². The van der Waals surface area contributed by atoms with Gasteiger partial charge in [0, 0.05) is 6.42 Å². The van der Waals surface area contributed by atoms with Gasteiger partial charge >= 0.3 is 5.97 Å². The summed E-state index contributed by atoms with van der Waals surface area (Å²) in [5.74, 6) is 4.96. The zero-order valence-corrected chi connectivity index (χ0v) is 23.6. The summed E-state index contributed by atoms with van der Waals surface area (Å²) in [6, 6.07) is 0. The third kappa shape index (κ3) is 4.88. The van der Waals surface area contributed by atoms with Gasteiger partial charge in [-0.1, -0.05) is 72.5 Å². The summed E-state index contributed by atoms with van der Waals surface area (Å²) in [6.07, 6.45) is 17.5. The van der Waals surface area contributed by atoms with Crippen LogP contribution in [0.1, 0.15) is 119 Å². The van der Waals surface area contributed by atoms with Crippen molar-refractivity contribution in [3.63, 3.8) is 0 Å². The molecule has 0 aromatic rings. The van der Waals surface area contributed by atoms with Crippen LogP contribution in [-0.4, -0.2) is 17.5 Å². The number of rotatable bonds is 8. The summed E-state index contributed by atoms with van der Waals surface area (Å²) in [7, 11) is 0. The maximum Gasteiger partial charge on any atom is 0.324 e. The number of fused-ring (bicyclic) bond motifs is 5. The Kier molecular flexibility index (Phi) is 8.18. The Hall–Kier alpha value is -0.500. The highest BCUT2D eigenvalue weighted by Crippen LogP contribution is 2.67. The van der Waals surface area contributed by atoms with Crippen LogP contribution >= 0.6 is 11.6 Å². The molecule has 0 saturated heterocycles. The predicted molar refractivity (Wildman–Crippen MR) is 143 cm³/mol. The number of hydrogen-bond donors (Lipinski definition) is 0. The number of carbonyl (C=O) groups excluding carboxylic acids is 1. The number of alkyl halides is 1. The summed E-state index contributed by atoms with van der Waals surface area (Å²) in [4.78, 5) is 12.3. The first kappa shape index (κ1) is 26.6. The summed E-state index contributed by atoms with van der Waals surface area (Å²) < 4.78 is 5.83. The van der Waals surface area contributed by atoms with E-state index in [-0.39, 0.29) is 12.1 Å². The van der Waals surface area contributed by atoms with Gasteiger partial charge in [0.25, 0.3) is 0 Å². The van der Waals surface area contributed by atoms with E-state index in [1.165, 1.54) is 51.4 Å². The summed E-state index contributed by atoms with van der Waals surface area (Å²) in [5, 5.41) is -0.503. The molecule has 4 aliphatic carbocycles. The fourth-order valence-electron chi connectivity index (χ4n) is 9.16. The maximum atomic E-state index is 12.3. The van der Waals surface area contributed by atoms with Crippen molar-refractivity contribution in [2.45, 2.75) is 130 Å². The minimum Gasteiger partial charge on any atom is -0.461 e. The molecule has 0 N–H and O–H groups in total. The highest BCUT2D eigenvalue weighted by Gasteiger charge is 2.59. The zero-order valence-electron chi connectivity index (χ0n) is 22.9. The van der Waals surface area contributed by atoms with Crippen molar-refractivity contribution in [2.24, 2.45) is 46.3 Å². The average Bonchev–Trinajstić information content (AvgIpc) is 3.15. The Bertz CT molecular complexity index is 759. The van der Waals surface area contributed by atoms with Crippen LogP contribution in [0.3, 0.4) is 0 Å². The van der Waals surface area contributed by atoms with Gasteiger partial charge in [0.2, 0.25) is 0 Å². The lowest BCUT2D eigenvalue weighted by Gasteiger charge is -2.58. The predicted octanol–water partition coefficient (Wildman–Crippen LogP) is 8.96. The van der Waals surface area contributed by atoms with Crippen molar-refractivity contribution in [3.05, 3.63) is 11.6 Å². The molecule has 0 aliphatic heterocycles. The van der Waals surface area contributed by atoms with Gasteiger partial charge < -0.3 is 4.74 Å². The molecule has 0 spiro atoms. The fourth-order valence-corrected chi connectivity index (χ4v) is 9.21. The maximum absolute atomic E-state index is 12.3. The minimum atomic E-state index is -0.503. The molecule has 9 atom stereocenters. The van der Waals surface area contributed by atoms with E-state index in [1.54, 1.807) is 5.57 Å². The van der Waals surface area contributed by atoms with Gasteiger partial charge in [-0.15, -0.1) is 11.6 Å². The number of hydrogen-bond acceptors (Lipinski definition) is 2. The van der Waals surface area contributed by atoms with E-state index in [9.17, 15) is 4.79 Å². The van der Waals surface area contributed by atoms with Crippen molar-refractivity contribution in [1.29, 1.82) is 0 Å². The second-order valence-electron chi connectivity index (χ2n) is 13.5. The van der Waals surface area contributed by atoms with Crippen LogP contribution < -0.4 is 0 Å². The molecule has 194 valence electrons. The van der Waals surface area contributed by atoms with Gasteiger partial charge in [0.15, 0.2) is 0 Å². The van der Waals surface area contributed by atoms with Gasteiger partial charge in [0.05, 0.1) is 0 Å². The van der Waals surface area contributed by atoms with Gasteiger partial charge in [-0.3, -0.25) is 4.79 Å². The lowest BCUT2D eigenvalue weighted by molar-refractivity contribution is -0.151. The number of esters is 1. The molecule has 0 unspecified atom stereocenters. The van der Waals surface area contributed by atoms with E-state index >= 15 is 0 Å². The third-order valence-corrected chi connectivity index (χ3v) is 11.6. The molecule has 0 radical (unpaired) electrons. The Morgan fingerprint density at radius 2 is 1.85 bits per heavy atom. The van der Waals surface area contributed by atoms with Crippen LogP contribution in [0.2, 0.25) is 0 Å². The molecule has 3 fully saturated rings. The fraction of sp³-hybridized carbons (Fsp3) is 0.903. The molecular formula is C31H51ClO2.